The standard InChI is InChI=1S/C10H15N3OS.ClH/c1-6-7(2)15-10(12-6)13-9(14)8-4-3-5-11-8;/h8,11H,3-5H2,1-2H3,(H,12,13,14);1H. The van der Waals surface area contributed by atoms with E-state index in [1.165, 1.54) is 11.3 Å². The molecule has 0 spiro atoms. The molecule has 4 nitrogen and oxygen atoms in total. The zero-order chi connectivity index (χ0) is 10.8. The molecule has 1 unspecified atom stereocenters. The Morgan fingerprint density at radius 2 is 2.31 bits per heavy atom. The van der Waals surface area contributed by atoms with Gasteiger partial charge in [-0.15, -0.1) is 23.7 Å². The number of thiazole rings is 1. The summed E-state index contributed by atoms with van der Waals surface area (Å²) >= 11 is 1.53. The monoisotopic (exact) mass is 261 g/mol. The first-order chi connectivity index (χ1) is 7.16. The molecule has 1 saturated heterocycles. The number of carbonyl (C=O) groups excluding carboxylic acids is 1. The molecule has 6 heteroatoms. The molecule has 0 aromatic carbocycles. The zero-order valence-corrected chi connectivity index (χ0v) is 11.0. The van der Waals surface area contributed by atoms with Crippen LogP contribution in [0.15, 0.2) is 0 Å². The minimum absolute atomic E-state index is 0. The molecule has 1 aliphatic heterocycles. The van der Waals surface area contributed by atoms with Crippen LogP contribution in [0.1, 0.15) is 23.4 Å². The second kappa shape index (κ2) is 5.61. The smallest absolute Gasteiger partial charge is 0.243 e. The molecule has 2 N–H and O–H groups in total. The Hall–Kier alpha value is -0.650. The number of nitrogens with zero attached hydrogens (tertiary/aromatic N) is 1. The maximum absolute atomic E-state index is 11.7. The minimum Gasteiger partial charge on any atom is -0.306 e. The van der Waals surface area contributed by atoms with Gasteiger partial charge in [0.1, 0.15) is 0 Å². The molecule has 1 amide bonds. The Labute approximate surface area is 105 Å². The van der Waals surface area contributed by atoms with Crippen LogP contribution in [-0.2, 0) is 4.79 Å². The van der Waals surface area contributed by atoms with Crippen LogP contribution in [0.25, 0.3) is 0 Å². The summed E-state index contributed by atoms with van der Waals surface area (Å²) in [5.41, 5.74) is 0.995. The lowest BCUT2D eigenvalue weighted by atomic mass is 10.2. The minimum atomic E-state index is -0.0329. The Bertz CT molecular complexity index is 355. The lowest BCUT2D eigenvalue weighted by Crippen LogP contribution is -2.35. The van der Waals surface area contributed by atoms with E-state index in [4.69, 9.17) is 0 Å². The van der Waals surface area contributed by atoms with Gasteiger partial charge in [-0.1, -0.05) is 0 Å². The summed E-state index contributed by atoms with van der Waals surface area (Å²) in [7, 11) is 0. The van der Waals surface area contributed by atoms with Crippen LogP contribution < -0.4 is 10.6 Å². The van der Waals surface area contributed by atoms with E-state index in [2.05, 4.69) is 15.6 Å². The van der Waals surface area contributed by atoms with Crippen molar-refractivity contribution in [3.63, 3.8) is 0 Å². The highest BCUT2D eigenvalue weighted by Crippen LogP contribution is 2.21. The topological polar surface area (TPSA) is 54.0 Å². The zero-order valence-electron chi connectivity index (χ0n) is 9.37. The summed E-state index contributed by atoms with van der Waals surface area (Å²) in [5, 5.41) is 6.73. The second-order valence-electron chi connectivity index (χ2n) is 3.80. The van der Waals surface area contributed by atoms with Gasteiger partial charge in [-0.25, -0.2) is 4.98 Å². The van der Waals surface area contributed by atoms with Crippen molar-refractivity contribution in [2.75, 3.05) is 11.9 Å². The SMILES string of the molecule is Cc1nc(NC(=O)C2CCCN2)sc1C.Cl. The van der Waals surface area contributed by atoms with Gasteiger partial charge in [0.05, 0.1) is 11.7 Å². The molecule has 1 aromatic heterocycles. The average molecular weight is 262 g/mol. The number of hydrogen-bond donors (Lipinski definition) is 2. The molecule has 1 atom stereocenters. The van der Waals surface area contributed by atoms with Crippen molar-refractivity contribution < 1.29 is 4.79 Å². The number of aromatic nitrogens is 1. The normalized spacial score (nSPS) is 19.2. The van der Waals surface area contributed by atoms with E-state index in [-0.39, 0.29) is 24.4 Å². The second-order valence-corrected chi connectivity index (χ2v) is 5.00. The maximum Gasteiger partial charge on any atom is 0.243 e. The summed E-state index contributed by atoms with van der Waals surface area (Å²) in [4.78, 5) is 17.2. The average Bonchev–Trinajstić information content (AvgIpc) is 2.77. The van der Waals surface area contributed by atoms with Crippen molar-refractivity contribution in [1.29, 1.82) is 0 Å². The van der Waals surface area contributed by atoms with E-state index in [0.29, 0.717) is 5.13 Å². The fourth-order valence-corrected chi connectivity index (χ4v) is 2.44. The van der Waals surface area contributed by atoms with Gasteiger partial charge in [-0.3, -0.25) is 4.79 Å². The van der Waals surface area contributed by atoms with Crippen molar-refractivity contribution in [1.82, 2.24) is 10.3 Å². The van der Waals surface area contributed by atoms with Crippen LogP contribution >= 0.6 is 23.7 Å². The number of aryl methyl sites for hydroxylation is 2. The third kappa shape index (κ3) is 2.93. The predicted molar refractivity (Wildman–Crippen MR) is 68.5 cm³/mol. The summed E-state index contributed by atoms with van der Waals surface area (Å²) in [5.74, 6) is 0.0428. The van der Waals surface area contributed by atoms with Crippen molar-refractivity contribution >= 4 is 34.8 Å². The molecule has 1 aliphatic rings. The first-order valence-corrected chi connectivity index (χ1v) is 5.97. The van der Waals surface area contributed by atoms with Crippen LogP contribution in [0.2, 0.25) is 0 Å². The lowest BCUT2D eigenvalue weighted by Gasteiger charge is -2.08. The van der Waals surface area contributed by atoms with E-state index in [1.54, 1.807) is 0 Å². The Morgan fingerprint density at radius 1 is 1.56 bits per heavy atom. The Morgan fingerprint density at radius 3 is 2.81 bits per heavy atom. The third-order valence-electron chi connectivity index (χ3n) is 2.64. The van der Waals surface area contributed by atoms with Crippen LogP contribution in [-0.4, -0.2) is 23.5 Å². The number of rotatable bonds is 2. The first-order valence-electron chi connectivity index (χ1n) is 5.15. The molecule has 2 heterocycles. The van der Waals surface area contributed by atoms with Crippen LogP contribution in [0, 0.1) is 13.8 Å². The molecule has 0 bridgehead atoms. The Kier molecular flexibility index (Phi) is 4.70. The van der Waals surface area contributed by atoms with Crippen LogP contribution in [0.3, 0.4) is 0 Å². The van der Waals surface area contributed by atoms with E-state index >= 15 is 0 Å². The van der Waals surface area contributed by atoms with Crippen molar-refractivity contribution in [2.45, 2.75) is 32.7 Å². The highest BCUT2D eigenvalue weighted by Gasteiger charge is 2.22. The van der Waals surface area contributed by atoms with Crippen molar-refractivity contribution in [2.24, 2.45) is 0 Å². The molecule has 2 rings (SSSR count). The van der Waals surface area contributed by atoms with E-state index in [0.717, 1.165) is 30.0 Å². The van der Waals surface area contributed by atoms with Gasteiger partial charge >= 0.3 is 0 Å². The number of nitrogens with one attached hydrogen (secondary N) is 2. The molecule has 16 heavy (non-hydrogen) atoms. The van der Waals surface area contributed by atoms with E-state index in [1.807, 2.05) is 13.8 Å². The first kappa shape index (κ1) is 13.4. The van der Waals surface area contributed by atoms with Gasteiger partial charge in [0, 0.05) is 4.88 Å². The molecular formula is C10H16ClN3OS. The maximum atomic E-state index is 11.7. The van der Waals surface area contributed by atoms with Gasteiger partial charge in [0.15, 0.2) is 5.13 Å². The molecule has 0 aliphatic carbocycles. The third-order valence-corrected chi connectivity index (χ3v) is 3.62. The van der Waals surface area contributed by atoms with E-state index < -0.39 is 0 Å². The van der Waals surface area contributed by atoms with Gasteiger partial charge in [0.2, 0.25) is 5.91 Å². The van der Waals surface area contributed by atoms with Gasteiger partial charge < -0.3 is 10.6 Å². The number of halogens is 1. The summed E-state index contributed by atoms with van der Waals surface area (Å²) in [6.07, 6.45) is 2.00. The highest BCUT2D eigenvalue weighted by molar-refractivity contribution is 7.15. The van der Waals surface area contributed by atoms with Gasteiger partial charge in [-0.05, 0) is 33.2 Å². The largest absolute Gasteiger partial charge is 0.306 e. The molecule has 0 saturated carbocycles. The number of amides is 1. The highest BCUT2D eigenvalue weighted by atomic mass is 35.5. The van der Waals surface area contributed by atoms with E-state index in [9.17, 15) is 4.79 Å². The molecule has 0 radical (unpaired) electrons. The van der Waals surface area contributed by atoms with Crippen LogP contribution in [0.5, 0.6) is 0 Å². The molecule has 1 aromatic rings. The van der Waals surface area contributed by atoms with Crippen molar-refractivity contribution in [3.05, 3.63) is 10.6 Å². The molecular weight excluding hydrogens is 246 g/mol. The Balaban J connectivity index is 0.00000128. The number of hydrogen-bond acceptors (Lipinski definition) is 4. The predicted octanol–water partition coefficient (Wildman–Crippen LogP) is 1.87. The van der Waals surface area contributed by atoms with Crippen molar-refractivity contribution in [3.8, 4) is 0 Å². The molecule has 1 fully saturated rings. The lowest BCUT2D eigenvalue weighted by molar-refractivity contribution is -0.117. The number of carbonyl (C=O) groups is 1. The summed E-state index contributed by atoms with van der Waals surface area (Å²) in [6.45, 7) is 4.90. The van der Waals surface area contributed by atoms with Crippen LogP contribution in [0.4, 0.5) is 5.13 Å². The molecule has 90 valence electrons. The number of anilines is 1. The fourth-order valence-electron chi connectivity index (χ4n) is 1.63. The van der Waals surface area contributed by atoms with Gasteiger partial charge in [0.25, 0.3) is 0 Å². The summed E-state index contributed by atoms with van der Waals surface area (Å²) < 4.78 is 0. The fraction of sp³-hybridized carbons (Fsp3) is 0.600. The quantitative estimate of drug-likeness (QED) is 0.855. The van der Waals surface area contributed by atoms with Gasteiger partial charge in [-0.2, -0.15) is 0 Å². The summed E-state index contributed by atoms with van der Waals surface area (Å²) in [6, 6.07) is -0.0329.